The third-order valence-electron chi connectivity index (χ3n) is 3.20. The first-order valence-electron chi connectivity index (χ1n) is 6.07. The summed E-state index contributed by atoms with van der Waals surface area (Å²) >= 11 is 1.95. The Bertz CT molecular complexity index is 370. The second kappa shape index (κ2) is 5.32. The molecule has 0 amide bonds. The highest BCUT2D eigenvalue weighted by atomic mass is 32.2. The number of aliphatic hydroxyl groups excluding tert-OH is 1. The zero-order chi connectivity index (χ0) is 12.3. The van der Waals surface area contributed by atoms with E-state index in [-0.39, 0.29) is 12.0 Å². The number of rotatable bonds is 4. The Hall–Kier alpha value is -0.670. The molecule has 1 fully saturated rings. The molecule has 1 aliphatic heterocycles. The fourth-order valence-electron chi connectivity index (χ4n) is 1.88. The van der Waals surface area contributed by atoms with Gasteiger partial charge in [0.2, 0.25) is 0 Å². The van der Waals surface area contributed by atoms with E-state index in [1.165, 1.54) is 5.75 Å². The summed E-state index contributed by atoms with van der Waals surface area (Å²) in [7, 11) is 0. The quantitative estimate of drug-likeness (QED) is 0.893. The van der Waals surface area contributed by atoms with E-state index in [1.807, 2.05) is 43.8 Å². The lowest BCUT2D eigenvalue weighted by atomic mass is 9.85. The Morgan fingerprint density at radius 2 is 2.29 bits per heavy atom. The highest BCUT2D eigenvalue weighted by molar-refractivity contribution is 7.99. The highest BCUT2D eigenvalue weighted by Crippen LogP contribution is 2.28. The van der Waals surface area contributed by atoms with Crippen LogP contribution in [0.15, 0.2) is 24.3 Å². The molecule has 1 N–H and O–H groups in total. The molecular weight excluding hydrogens is 232 g/mol. The fourth-order valence-corrected chi connectivity index (χ4v) is 2.97. The largest absolute Gasteiger partial charge is 0.490 e. The first-order chi connectivity index (χ1) is 8.12. The predicted molar refractivity (Wildman–Crippen MR) is 72.9 cm³/mol. The zero-order valence-corrected chi connectivity index (χ0v) is 11.3. The average molecular weight is 252 g/mol. The zero-order valence-electron chi connectivity index (χ0n) is 10.5. The van der Waals surface area contributed by atoms with Gasteiger partial charge in [-0.1, -0.05) is 26.0 Å². The second-order valence-corrected chi connectivity index (χ2v) is 6.32. The Labute approximate surface area is 107 Å². The van der Waals surface area contributed by atoms with Gasteiger partial charge in [0.25, 0.3) is 0 Å². The van der Waals surface area contributed by atoms with Gasteiger partial charge in [0.05, 0.1) is 6.61 Å². The molecule has 0 spiro atoms. The molecule has 1 unspecified atom stereocenters. The van der Waals surface area contributed by atoms with Crippen LogP contribution in [-0.2, 0) is 5.41 Å². The number of hydrogen-bond donors (Lipinski definition) is 1. The Balaban J connectivity index is 2.10. The van der Waals surface area contributed by atoms with E-state index in [2.05, 4.69) is 6.07 Å². The van der Waals surface area contributed by atoms with Crippen LogP contribution in [0.4, 0.5) is 0 Å². The summed E-state index contributed by atoms with van der Waals surface area (Å²) in [5.74, 6) is 3.22. The van der Waals surface area contributed by atoms with E-state index < -0.39 is 0 Å². The Kier molecular flexibility index (Phi) is 4.00. The average Bonchev–Trinajstić information content (AvgIpc) is 2.82. The minimum absolute atomic E-state index is 0.149. The molecule has 94 valence electrons. The molecule has 3 heteroatoms. The van der Waals surface area contributed by atoms with Crippen molar-refractivity contribution in [3.05, 3.63) is 29.8 Å². The van der Waals surface area contributed by atoms with Gasteiger partial charge >= 0.3 is 0 Å². The molecule has 0 bridgehead atoms. The third-order valence-corrected chi connectivity index (χ3v) is 4.33. The van der Waals surface area contributed by atoms with Crippen molar-refractivity contribution in [2.24, 2.45) is 0 Å². The number of thioether (sulfide) groups is 1. The van der Waals surface area contributed by atoms with Crippen molar-refractivity contribution in [1.82, 2.24) is 0 Å². The third kappa shape index (κ3) is 3.17. The van der Waals surface area contributed by atoms with Crippen LogP contribution in [0.3, 0.4) is 0 Å². The summed E-state index contributed by atoms with van der Waals surface area (Å²) in [6.45, 7) is 4.23. The molecule has 0 radical (unpaired) electrons. The van der Waals surface area contributed by atoms with Crippen LogP contribution >= 0.6 is 11.8 Å². The first kappa shape index (κ1) is 12.8. The Morgan fingerprint density at radius 1 is 1.47 bits per heavy atom. The van der Waals surface area contributed by atoms with E-state index in [4.69, 9.17) is 4.74 Å². The molecule has 1 heterocycles. The lowest BCUT2D eigenvalue weighted by Crippen LogP contribution is -2.22. The number of hydrogen-bond acceptors (Lipinski definition) is 3. The van der Waals surface area contributed by atoms with Crippen LogP contribution in [0.25, 0.3) is 0 Å². The van der Waals surface area contributed by atoms with Crippen molar-refractivity contribution in [2.75, 3.05) is 18.1 Å². The van der Waals surface area contributed by atoms with Gasteiger partial charge in [0.1, 0.15) is 11.9 Å². The summed E-state index contributed by atoms with van der Waals surface area (Å²) in [5.41, 5.74) is 0.923. The van der Waals surface area contributed by atoms with Crippen LogP contribution in [0, 0.1) is 0 Å². The lowest BCUT2D eigenvalue weighted by molar-refractivity contribution is 0.214. The number of ether oxygens (including phenoxy) is 1. The maximum Gasteiger partial charge on any atom is 0.120 e. The molecule has 2 nitrogen and oxygen atoms in total. The molecule has 2 rings (SSSR count). The smallest absolute Gasteiger partial charge is 0.120 e. The second-order valence-electron chi connectivity index (χ2n) is 5.17. The normalized spacial score (nSPS) is 20.5. The van der Waals surface area contributed by atoms with Gasteiger partial charge in [0, 0.05) is 11.2 Å². The summed E-state index contributed by atoms with van der Waals surface area (Å²) in [4.78, 5) is 0. The standard InChI is InChI=1S/C14H20O2S/c1-14(2,10-15)11-4-3-5-12(8-11)16-13-6-7-17-9-13/h3-5,8,13,15H,6-7,9-10H2,1-2H3. The molecule has 1 saturated heterocycles. The van der Waals surface area contributed by atoms with Gasteiger partial charge in [-0.05, 0) is 29.9 Å². The maximum atomic E-state index is 9.38. The fraction of sp³-hybridized carbons (Fsp3) is 0.571. The lowest BCUT2D eigenvalue weighted by Gasteiger charge is -2.23. The summed E-state index contributed by atoms with van der Waals surface area (Å²) in [6.07, 6.45) is 1.49. The van der Waals surface area contributed by atoms with Crippen LogP contribution < -0.4 is 4.74 Å². The van der Waals surface area contributed by atoms with Gasteiger partial charge in [-0.3, -0.25) is 0 Å². The molecule has 0 aromatic heterocycles. The van der Waals surface area contributed by atoms with E-state index in [0.717, 1.165) is 23.5 Å². The van der Waals surface area contributed by atoms with Gasteiger partial charge in [-0.25, -0.2) is 0 Å². The van der Waals surface area contributed by atoms with Crippen molar-refractivity contribution >= 4 is 11.8 Å². The summed E-state index contributed by atoms with van der Waals surface area (Å²) in [5, 5.41) is 9.38. The number of benzene rings is 1. The summed E-state index contributed by atoms with van der Waals surface area (Å²) < 4.78 is 5.95. The molecule has 1 atom stereocenters. The topological polar surface area (TPSA) is 29.5 Å². The SMILES string of the molecule is CC(C)(CO)c1cccc(OC2CCSC2)c1. The van der Waals surface area contributed by atoms with Gasteiger partial charge in [-0.2, -0.15) is 11.8 Å². The first-order valence-corrected chi connectivity index (χ1v) is 7.23. The van der Waals surface area contributed by atoms with E-state index in [1.54, 1.807) is 0 Å². The highest BCUT2D eigenvalue weighted by Gasteiger charge is 2.21. The molecule has 1 aromatic rings. The van der Waals surface area contributed by atoms with Gasteiger partial charge in [-0.15, -0.1) is 0 Å². The van der Waals surface area contributed by atoms with Gasteiger partial charge < -0.3 is 9.84 Å². The number of aliphatic hydroxyl groups is 1. The minimum Gasteiger partial charge on any atom is -0.490 e. The molecule has 1 aliphatic rings. The predicted octanol–water partition coefficient (Wildman–Crippen LogP) is 2.84. The van der Waals surface area contributed by atoms with Crippen molar-refractivity contribution in [1.29, 1.82) is 0 Å². The molecule has 0 aliphatic carbocycles. The van der Waals surface area contributed by atoms with E-state index in [9.17, 15) is 5.11 Å². The van der Waals surface area contributed by atoms with Crippen LogP contribution in [0.5, 0.6) is 5.75 Å². The van der Waals surface area contributed by atoms with Crippen molar-refractivity contribution < 1.29 is 9.84 Å². The Morgan fingerprint density at radius 3 is 2.94 bits per heavy atom. The molecule has 17 heavy (non-hydrogen) atoms. The van der Waals surface area contributed by atoms with Crippen LogP contribution in [-0.4, -0.2) is 29.3 Å². The van der Waals surface area contributed by atoms with E-state index in [0.29, 0.717) is 6.10 Å². The van der Waals surface area contributed by atoms with Crippen molar-refractivity contribution in [2.45, 2.75) is 31.8 Å². The summed E-state index contributed by atoms with van der Waals surface area (Å²) in [6, 6.07) is 8.11. The van der Waals surface area contributed by atoms with Crippen LogP contribution in [0.2, 0.25) is 0 Å². The monoisotopic (exact) mass is 252 g/mol. The minimum atomic E-state index is -0.205. The molecule has 1 aromatic carbocycles. The molecule has 0 saturated carbocycles. The van der Waals surface area contributed by atoms with Gasteiger partial charge in [0.15, 0.2) is 0 Å². The van der Waals surface area contributed by atoms with Crippen molar-refractivity contribution in [3.8, 4) is 5.75 Å². The van der Waals surface area contributed by atoms with Crippen LogP contribution in [0.1, 0.15) is 25.8 Å². The maximum absolute atomic E-state index is 9.38. The van der Waals surface area contributed by atoms with Crippen molar-refractivity contribution in [3.63, 3.8) is 0 Å². The van der Waals surface area contributed by atoms with E-state index >= 15 is 0 Å². The molecular formula is C14H20O2S.